The van der Waals surface area contributed by atoms with Crippen LogP contribution < -0.4 is 5.32 Å². The van der Waals surface area contributed by atoms with Gasteiger partial charge in [-0.25, -0.2) is 0 Å². The first-order valence-electron chi connectivity index (χ1n) is 6.69. The van der Waals surface area contributed by atoms with Crippen LogP contribution in [-0.2, 0) is 4.74 Å². The Labute approximate surface area is 99.5 Å². The fraction of sp³-hybridized carbons (Fsp3) is 0.923. The lowest BCUT2D eigenvalue weighted by molar-refractivity contribution is 0.126. The molecule has 2 fully saturated rings. The molecule has 0 aromatic rings. The zero-order valence-corrected chi connectivity index (χ0v) is 10.5. The molecule has 93 valence electrons. The van der Waals surface area contributed by atoms with Crippen molar-refractivity contribution < 1.29 is 4.74 Å². The normalized spacial score (nSPS) is 28.7. The van der Waals surface area contributed by atoms with Crippen LogP contribution in [0.2, 0.25) is 0 Å². The van der Waals surface area contributed by atoms with Crippen LogP contribution in [0.1, 0.15) is 32.1 Å². The molecule has 0 bridgehead atoms. The van der Waals surface area contributed by atoms with Crippen molar-refractivity contribution in [2.75, 3.05) is 33.4 Å². The topological polar surface area (TPSA) is 24.5 Å². The van der Waals surface area contributed by atoms with Gasteiger partial charge in [-0.3, -0.25) is 4.90 Å². The first kappa shape index (κ1) is 12.3. The fourth-order valence-corrected chi connectivity index (χ4v) is 2.87. The predicted octanol–water partition coefficient (Wildman–Crippen LogP) is 1.65. The standard InChI is InChI=1S/C13H25N2O/c1-16-11-13-3-2-9-15(13)10-6-12-4-7-14-8-5-12/h10,12-14H,2-9,11H2,1H3. The number of ether oxygens (including phenoxy) is 1. The summed E-state index contributed by atoms with van der Waals surface area (Å²) in [6.07, 6.45) is 6.59. The zero-order valence-electron chi connectivity index (χ0n) is 10.5. The molecule has 0 saturated carbocycles. The van der Waals surface area contributed by atoms with Crippen molar-refractivity contribution in [3.8, 4) is 0 Å². The number of likely N-dealkylation sites (tertiary alicyclic amines) is 1. The number of piperidine rings is 1. The average Bonchev–Trinajstić information content (AvgIpc) is 2.76. The van der Waals surface area contributed by atoms with E-state index in [1.165, 1.54) is 51.7 Å². The number of methoxy groups -OCH3 is 1. The van der Waals surface area contributed by atoms with Crippen LogP contribution >= 0.6 is 0 Å². The minimum atomic E-state index is 0.645. The highest BCUT2D eigenvalue weighted by Crippen LogP contribution is 2.24. The highest BCUT2D eigenvalue weighted by Gasteiger charge is 2.25. The number of rotatable bonds is 5. The van der Waals surface area contributed by atoms with Gasteiger partial charge in [-0.2, -0.15) is 0 Å². The summed E-state index contributed by atoms with van der Waals surface area (Å²) in [5, 5.41) is 3.42. The molecule has 2 aliphatic heterocycles. The molecule has 16 heavy (non-hydrogen) atoms. The second-order valence-electron chi connectivity index (χ2n) is 5.10. The van der Waals surface area contributed by atoms with Crippen LogP contribution in [-0.4, -0.2) is 44.3 Å². The van der Waals surface area contributed by atoms with E-state index in [0.717, 1.165) is 12.5 Å². The van der Waals surface area contributed by atoms with Crippen LogP contribution in [0.5, 0.6) is 0 Å². The lowest BCUT2D eigenvalue weighted by Gasteiger charge is -2.27. The van der Waals surface area contributed by atoms with Crippen LogP contribution in [0.25, 0.3) is 0 Å². The molecule has 1 N–H and O–H groups in total. The smallest absolute Gasteiger partial charge is 0.0618 e. The second kappa shape index (κ2) is 6.58. The van der Waals surface area contributed by atoms with E-state index in [4.69, 9.17) is 4.74 Å². The van der Waals surface area contributed by atoms with Gasteiger partial charge in [-0.15, -0.1) is 0 Å². The lowest BCUT2D eigenvalue weighted by atomic mass is 9.94. The molecule has 1 radical (unpaired) electrons. The Morgan fingerprint density at radius 3 is 2.88 bits per heavy atom. The quantitative estimate of drug-likeness (QED) is 0.770. The van der Waals surface area contributed by atoms with Crippen LogP contribution in [0.4, 0.5) is 0 Å². The van der Waals surface area contributed by atoms with Gasteiger partial charge in [0.05, 0.1) is 6.61 Å². The highest BCUT2D eigenvalue weighted by molar-refractivity contribution is 4.86. The third-order valence-corrected chi connectivity index (χ3v) is 3.91. The predicted molar refractivity (Wildman–Crippen MR) is 66.1 cm³/mol. The molecule has 1 unspecified atom stereocenters. The molecule has 2 rings (SSSR count). The molecule has 0 amide bonds. The molecule has 3 nitrogen and oxygen atoms in total. The number of hydrogen-bond donors (Lipinski definition) is 1. The van der Waals surface area contributed by atoms with E-state index in [2.05, 4.69) is 16.8 Å². The lowest BCUT2D eigenvalue weighted by Crippen LogP contribution is -2.33. The van der Waals surface area contributed by atoms with Crippen molar-refractivity contribution in [1.82, 2.24) is 10.2 Å². The maximum Gasteiger partial charge on any atom is 0.0618 e. The molecular formula is C13H25N2O. The van der Waals surface area contributed by atoms with Gasteiger partial charge >= 0.3 is 0 Å². The number of nitrogens with one attached hydrogen (secondary N) is 1. The number of nitrogens with zero attached hydrogens (tertiary/aromatic N) is 1. The maximum absolute atomic E-state index is 5.28. The molecule has 2 aliphatic rings. The number of hydrogen-bond acceptors (Lipinski definition) is 3. The first-order valence-corrected chi connectivity index (χ1v) is 6.69. The average molecular weight is 225 g/mol. The van der Waals surface area contributed by atoms with Crippen LogP contribution in [0.15, 0.2) is 0 Å². The Kier molecular flexibility index (Phi) is 5.07. The summed E-state index contributed by atoms with van der Waals surface area (Å²) in [6, 6.07) is 0.645. The van der Waals surface area contributed by atoms with Crippen molar-refractivity contribution in [3.63, 3.8) is 0 Å². The van der Waals surface area contributed by atoms with E-state index in [9.17, 15) is 0 Å². The Balaban J connectivity index is 1.67. The zero-order chi connectivity index (χ0) is 11.2. The molecule has 0 aliphatic carbocycles. The van der Waals surface area contributed by atoms with Gasteiger partial charge in [0, 0.05) is 19.7 Å². The first-order chi connectivity index (χ1) is 7.90. The minimum Gasteiger partial charge on any atom is -0.383 e. The molecule has 1 atom stereocenters. The Morgan fingerprint density at radius 1 is 1.31 bits per heavy atom. The van der Waals surface area contributed by atoms with E-state index in [1.807, 2.05) is 7.11 Å². The highest BCUT2D eigenvalue weighted by atomic mass is 16.5. The van der Waals surface area contributed by atoms with Gasteiger partial charge in [-0.05, 0) is 57.7 Å². The van der Waals surface area contributed by atoms with Crippen molar-refractivity contribution in [3.05, 3.63) is 6.54 Å². The van der Waals surface area contributed by atoms with E-state index >= 15 is 0 Å². The summed E-state index contributed by atoms with van der Waals surface area (Å²) in [7, 11) is 1.81. The molecule has 0 aromatic heterocycles. The minimum absolute atomic E-state index is 0.645. The second-order valence-corrected chi connectivity index (χ2v) is 5.10. The van der Waals surface area contributed by atoms with Crippen molar-refractivity contribution in [2.45, 2.75) is 38.1 Å². The molecule has 2 heterocycles. The summed E-state index contributed by atoms with van der Waals surface area (Å²) in [5.74, 6) is 0.907. The Bertz CT molecular complexity index is 192. The van der Waals surface area contributed by atoms with E-state index in [1.54, 1.807) is 0 Å². The fourth-order valence-electron chi connectivity index (χ4n) is 2.87. The molecule has 2 saturated heterocycles. The third-order valence-electron chi connectivity index (χ3n) is 3.91. The Hall–Kier alpha value is -0.120. The van der Waals surface area contributed by atoms with Gasteiger partial charge in [0.15, 0.2) is 0 Å². The molecule has 0 aromatic carbocycles. The van der Waals surface area contributed by atoms with E-state index in [0.29, 0.717) is 6.04 Å². The molecule has 0 spiro atoms. The van der Waals surface area contributed by atoms with Gasteiger partial charge < -0.3 is 10.1 Å². The van der Waals surface area contributed by atoms with Gasteiger partial charge in [0.2, 0.25) is 0 Å². The molecular weight excluding hydrogens is 200 g/mol. The third kappa shape index (κ3) is 3.44. The van der Waals surface area contributed by atoms with Gasteiger partial charge in [0.1, 0.15) is 0 Å². The summed E-state index contributed by atoms with van der Waals surface area (Å²) in [5.41, 5.74) is 0. The largest absolute Gasteiger partial charge is 0.383 e. The van der Waals surface area contributed by atoms with Gasteiger partial charge in [-0.1, -0.05) is 0 Å². The summed E-state index contributed by atoms with van der Waals surface area (Å²) in [4.78, 5) is 2.52. The summed E-state index contributed by atoms with van der Waals surface area (Å²) >= 11 is 0. The maximum atomic E-state index is 5.28. The SMILES string of the molecule is COCC1CCCN1[CH]CC1CCNCC1. The van der Waals surface area contributed by atoms with Crippen LogP contribution in [0.3, 0.4) is 0 Å². The van der Waals surface area contributed by atoms with Gasteiger partial charge in [0.25, 0.3) is 0 Å². The van der Waals surface area contributed by atoms with E-state index in [-0.39, 0.29) is 0 Å². The van der Waals surface area contributed by atoms with Crippen molar-refractivity contribution in [1.29, 1.82) is 0 Å². The molecule has 3 heteroatoms. The van der Waals surface area contributed by atoms with Crippen molar-refractivity contribution >= 4 is 0 Å². The summed E-state index contributed by atoms with van der Waals surface area (Å²) < 4.78 is 5.28. The van der Waals surface area contributed by atoms with E-state index < -0.39 is 0 Å². The Morgan fingerprint density at radius 2 is 2.12 bits per heavy atom. The van der Waals surface area contributed by atoms with Crippen LogP contribution in [0, 0.1) is 12.5 Å². The summed E-state index contributed by atoms with van der Waals surface area (Å²) in [6.45, 7) is 6.99. The van der Waals surface area contributed by atoms with Crippen molar-refractivity contribution in [2.24, 2.45) is 5.92 Å². The monoisotopic (exact) mass is 225 g/mol.